The number of nitrogens with one attached hydrogen (secondary N) is 1. The van der Waals surface area contributed by atoms with Crippen molar-refractivity contribution in [3.63, 3.8) is 0 Å². The lowest BCUT2D eigenvalue weighted by Gasteiger charge is -2.10. The van der Waals surface area contributed by atoms with Crippen molar-refractivity contribution in [1.29, 1.82) is 0 Å². The van der Waals surface area contributed by atoms with Crippen LogP contribution in [0, 0.1) is 11.6 Å². The van der Waals surface area contributed by atoms with Crippen LogP contribution in [0.4, 0.5) is 8.78 Å². The van der Waals surface area contributed by atoms with Crippen molar-refractivity contribution in [1.82, 2.24) is 19.9 Å². The van der Waals surface area contributed by atoms with E-state index in [-0.39, 0.29) is 22.5 Å². The summed E-state index contributed by atoms with van der Waals surface area (Å²) in [4.78, 5) is 26.8. The molecule has 0 radical (unpaired) electrons. The zero-order valence-corrected chi connectivity index (χ0v) is 12.7. The van der Waals surface area contributed by atoms with Gasteiger partial charge >= 0.3 is 0 Å². The van der Waals surface area contributed by atoms with E-state index in [2.05, 4.69) is 19.9 Å². The Bertz CT molecular complexity index is 1140. The molecule has 0 aliphatic rings. The predicted molar refractivity (Wildman–Crippen MR) is 88.7 cm³/mol. The lowest BCUT2D eigenvalue weighted by Crippen LogP contribution is -2.06. The van der Waals surface area contributed by atoms with E-state index in [1.165, 1.54) is 48.7 Å². The van der Waals surface area contributed by atoms with Gasteiger partial charge in [-0.2, -0.15) is 0 Å². The van der Waals surface area contributed by atoms with Crippen LogP contribution in [0.5, 0.6) is 0 Å². The van der Waals surface area contributed by atoms with E-state index < -0.39 is 11.6 Å². The van der Waals surface area contributed by atoms with Crippen molar-refractivity contribution >= 4 is 11.2 Å². The number of hydrogen-bond donors (Lipinski definition) is 1. The van der Waals surface area contributed by atoms with Gasteiger partial charge in [0.15, 0.2) is 11.5 Å². The standard InChI is InChI=1S/C18H10F2N4O/c19-11-3-1-10(2-4-11)16-17(12-7-8-21-9-13(12)20)22-14-5-6-15(25)23-18(14)24-16/h1-9H,(H,23,24,25). The fraction of sp³-hybridized carbons (Fsp3) is 0. The van der Waals surface area contributed by atoms with E-state index >= 15 is 0 Å². The number of fused-ring (bicyclic) bond motifs is 1. The Hall–Kier alpha value is -3.48. The summed E-state index contributed by atoms with van der Waals surface area (Å²) < 4.78 is 27.5. The second kappa shape index (κ2) is 5.86. The van der Waals surface area contributed by atoms with Gasteiger partial charge in [-0.3, -0.25) is 9.78 Å². The molecule has 0 aliphatic carbocycles. The average molecular weight is 336 g/mol. The summed E-state index contributed by atoms with van der Waals surface area (Å²) in [6.07, 6.45) is 2.54. The van der Waals surface area contributed by atoms with Gasteiger partial charge in [0.25, 0.3) is 0 Å². The number of hydrogen-bond acceptors (Lipinski definition) is 4. The number of aromatic nitrogens is 4. The lowest BCUT2D eigenvalue weighted by atomic mass is 10.0. The summed E-state index contributed by atoms with van der Waals surface area (Å²) >= 11 is 0. The minimum Gasteiger partial charge on any atom is -0.305 e. The van der Waals surface area contributed by atoms with E-state index in [9.17, 15) is 13.6 Å². The first kappa shape index (κ1) is 15.1. The molecular weight excluding hydrogens is 326 g/mol. The highest BCUT2D eigenvalue weighted by molar-refractivity contribution is 5.84. The first-order chi connectivity index (χ1) is 12.1. The summed E-state index contributed by atoms with van der Waals surface area (Å²) in [5, 5.41) is 0. The maximum atomic E-state index is 14.3. The van der Waals surface area contributed by atoms with Crippen molar-refractivity contribution in [3.8, 4) is 22.5 Å². The third kappa shape index (κ3) is 2.76. The fourth-order valence-electron chi connectivity index (χ4n) is 2.53. The highest BCUT2D eigenvalue weighted by Crippen LogP contribution is 2.31. The number of benzene rings is 1. The molecule has 0 spiro atoms. The molecule has 25 heavy (non-hydrogen) atoms. The number of nitrogens with zero attached hydrogens (tertiary/aromatic N) is 3. The molecule has 4 aromatic rings. The maximum Gasteiger partial charge on any atom is 0.249 e. The maximum absolute atomic E-state index is 14.3. The molecule has 122 valence electrons. The van der Waals surface area contributed by atoms with Crippen LogP contribution in [0.15, 0.2) is 59.7 Å². The van der Waals surface area contributed by atoms with Gasteiger partial charge in [0, 0.05) is 23.4 Å². The fourth-order valence-corrected chi connectivity index (χ4v) is 2.53. The molecule has 0 atom stereocenters. The summed E-state index contributed by atoms with van der Waals surface area (Å²) in [5.41, 5.74) is 1.74. The molecule has 0 aliphatic heterocycles. The van der Waals surface area contributed by atoms with E-state index in [1.807, 2.05) is 0 Å². The van der Waals surface area contributed by atoms with Crippen LogP contribution in [-0.4, -0.2) is 19.9 Å². The normalized spacial score (nSPS) is 11.0. The molecule has 0 bridgehead atoms. The molecule has 4 rings (SSSR count). The van der Waals surface area contributed by atoms with Crippen LogP contribution in [0.25, 0.3) is 33.7 Å². The molecule has 5 nitrogen and oxygen atoms in total. The van der Waals surface area contributed by atoms with Gasteiger partial charge in [-0.05, 0) is 36.4 Å². The van der Waals surface area contributed by atoms with E-state index in [0.29, 0.717) is 16.8 Å². The van der Waals surface area contributed by atoms with Crippen LogP contribution in [-0.2, 0) is 0 Å². The topological polar surface area (TPSA) is 71.5 Å². The summed E-state index contributed by atoms with van der Waals surface area (Å²) in [6.45, 7) is 0. The third-order valence-electron chi connectivity index (χ3n) is 3.70. The SMILES string of the molecule is O=c1ccc2nc(-c3ccncc3F)c(-c3ccc(F)cc3)nc2[nH]1. The number of pyridine rings is 2. The first-order valence-electron chi connectivity index (χ1n) is 7.39. The number of rotatable bonds is 2. The predicted octanol–water partition coefficient (Wildman–Crippen LogP) is 3.33. The van der Waals surface area contributed by atoms with E-state index in [0.717, 1.165) is 6.20 Å². The van der Waals surface area contributed by atoms with Gasteiger partial charge in [-0.15, -0.1) is 0 Å². The molecule has 7 heteroatoms. The summed E-state index contributed by atoms with van der Waals surface area (Å²) in [5.74, 6) is -0.952. The molecular formula is C18H10F2N4O. The Labute approximate surface area is 140 Å². The molecule has 3 aromatic heterocycles. The second-order valence-corrected chi connectivity index (χ2v) is 5.34. The van der Waals surface area contributed by atoms with Gasteiger partial charge in [0.2, 0.25) is 5.56 Å². The minimum atomic E-state index is -0.552. The largest absolute Gasteiger partial charge is 0.305 e. The Kier molecular flexibility index (Phi) is 3.53. The van der Waals surface area contributed by atoms with Gasteiger partial charge in [-0.25, -0.2) is 18.7 Å². The van der Waals surface area contributed by atoms with Crippen LogP contribution in [0.3, 0.4) is 0 Å². The Morgan fingerprint density at radius 1 is 0.880 bits per heavy atom. The second-order valence-electron chi connectivity index (χ2n) is 5.34. The molecule has 0 saturated carbocycles. The van der Waals surface area contributed by atoms with Crippen LogP contribution >= 0.6 is 0 Å². The zero-order valence-electron chi connectivity index (χ0n) is 12.7. The van der Waals surface area contributed by atoms with Crippen LogP contribution in [0.2, 0.25) is 0 Å². The number of H-pyrrole nitrogens is 1. The van der Waals surface area contributed by atoms with Crippen molar-refractivity contribution in [2.24, 2.45) is 0 Å². The highest BCUT2D eigenvalue weighted by Gasteiger charge is 2.16. The van der Waals surface area contributed by atoms with Gasteiger partial charge in [0.05, 0.1) is 11.9 Å². The Morgan fingerprint density at radius 2 is 1.68 bits per heavy atom. The molecule has 0 amide bonds. The number of aromatic amines is 1. The van der Waals surface area contributed by atoms with Gasteiger partial charge in [-0.1, -0.05) is 0 Å². The smallest absolute Gasteiger partial charge is 0.249 e. The first-order valence-corrected chi connectivity index (χ1v) is 7.39. The molecule has 0 saturated heterocycles. The molecule has 0 unspecified atom stereocenters. The monoisotopic (exact) mass is 336 g/mol. The van der Waals surface area contributed by atoms with Gasteiger partial charge < -0.3 is 4.98 Å². The minimum absolute atomic E-state index is 0.218. The quantitative estimate of drug-likeness (QED) is 0.609. The number of halogens is 2. The Morgan fingerprint density at radius 3 is 2.44 bits per heavy atom. The van der Waals surface area contributed by atoms with Crippen LogP contribution < -0.4 is 5.56 Å². The summed E-state index contributed by atoms with van der Waals surface area (Å²) in [7, 11) is 0. The van der Waals surface area contributed by atoms with E-state index in [4.69, 9.17) is 0 Å². The van der Waals surface area contributed by atoms with Crippen LogP contribution in [0.1, 0.15) is 0 Å². The zero-order chi connectivity index (χ0) is 17.4. The molecule has 1 N–H and O–H groups in total. The van der Waals surface area contributed by atoms with E-state index in [1.54, 1.807) is 0 Å². The Balaban J connectivity index is 2.07. The molecule has 3 heterocycles. The third-order valence-corrected chi connectivity index (χ3v) is 3.70. The lowest BCUT2D eigenvalue weighted by molar-refractivity contribution is 0.624. The van der Waals surface area contributed by atoms with Gasteiger partial charge in [0.1, 0.15) is 17.0 Å². The average Bonchev–Trinajstić information content (AvgIpc) is 2.62. The highest BCUT2D eigenvalue weighted by atomic mass is 19.1. The summed E-state index contributed by atoms with van der Waals surface area (Å²) in [6, 6.07) is 9.93. The molecule has 0 fully saturated rings. The van der Waals surface area contributed by atoms with Crippen molar-refractivity contribution in [2.45, 2.75) is 0 Å². The van der Waals surface area contributed by atoms with Crippen molar-refractivity contribution < 1.29 is 8.78 Å². The molecule has 1 aromatic carbocycles. The van der Waals surface area contributed by atoms with Crippen molar-refractivity contribution in [3.05, 3.63) is 76.8 Å². The van der Waals surface area contributed by atoms with Crippen molar-refractivity contribution in [2.75, 3.05) is 0 Å².